The Balaban J connectivity index is 0.00000132. The molecule has 2 aromatic rings. The molecule has 1 saturated heterocycles. The molecule has 1 aliphatic heterocycles. The number of ether oxygens (including phenoxy) is 1. The molecule has 1 heterocycles. The van der Waals surface area contributed by atoms with Crippen LogP contribution in [0.3, 0.4) is 0 Å². The number of hydrogen-bond donors (Lipinski definition) is 0. The van der Waals surface area contributed by atoms with Gasteiger partial charge >= 0.3 is 0 Å². The van der Waals surface area contributed by atoms with Crippen LogP contribution in [0.1, 0.15) is 17.0 Å². The third kappa shape index (κ3) is 2.71. The molecular formula is C19H16OSr. The first-order valence-electron chi connectivity index (χ1n) is 7.04. The van der Waals surface area contributed by atoms with E-state index in [1.54, 1.807) is 0 Å². The Morgan fingerprint density at radius 3 is 1.90 bits per heavy atom. The molecule has 1 fully saturated rings. The van der Waals surface area contributed by atoms with Gasteiger partial charge in [0, 0.05) is 51.4 Å². The Hall–Kier alpha value is -0.639. The Morgan fingerprint density at radius 2 is 1.38 bits per heavy atom. The Morgan fingerprint density at radius 1 is 0.810 bits per heavy atom. The fraction of sp³-hybridized carbons (Fsp3) is 0.158. The van der Waals surface area contributed by atoms with Crippen LogP contribution in [0, 0.1) is 0 Å². The fourth-order valence-electron chi connectivity index (χ4n) is 3.21. The van der Waals surface area contributed by atoms with Crippen molar-refractivity contribution in [2.24, 2.45) is 0 Å². The summed E-state index contributed by atoms with van der Waals surface area (Å²) < 4.78 is 6.06. The van der Waals surface area contributed by atoms with E-state index in [0.717, 1.165) is 0 Å². The van der Waals surface area contributed by atoms with E-state index in [-0.39, 0.29) is 63.1 Å². The van der Waals surface area contributed by atoms with Gasteiger partial charge in [-0.1, -0.05) is 78.9 Å². The maximum atomic E-state index is 6.06. The van der Waals surface area contributed by atoms with Crippen molar-refractivity contribution < 1.29 is 4.74 Å². The van der Waals surface area contributed by atoms with Gasteiger partial charge in [0.1, 0.15) is 11.7 Å². The molecule has 0 N–H and O–H groups in total. The summed E-state index contributed by atoms with van der Waals surface area (Å²) in [6.45, 7) is 0. The van der Waals surface area contributed by atoms with E-state index in [1.807, 2.05) is 0 Å². The molecule has 1 nitrogen and oxygen atoms in total. The van der Waals surface area contributed by atoms with Gasteiger partial charge in [0.05, 0.1) is 0 Å². The molecule has 2 unspecified atom stereocenters. The molecule has 2 atom stereocenters. The zero-order valence-electron chi connectivity index (χ0n) is 11.9. The molecule has 0 bridgehead atoms. The second-order valence-corrected chi connectivity index (χ2v) is 5.39. The number of benzene rings is 2. The number of epoxide rings is 1. The molecule has 0 aromatic heterocycles. The van der Waals surface area contributed by atoms with Gasteiger partial charge in [-0.15, -0.1) is 0 Å². The summed E-state index contributed by atoms with van der Waals surface area (Å²) in [7, 11) is 0. The first-order chi connectivity index (χ1) is 9.90. The monoisotopic (exact) mass is 348 g/mol. The van der Waals surface area contributed by atoms with E-state index in [1.165, 1.54) is 11.1 Å². The number of fused-ring (bicyclic) bond motifs is 1. The second-order valence-electron chi connectivity index (χ2n) is 5.39. The van der Waals surface area contributed by atoms with Gasteiger partial charge in [0.2, 0.25) is 0 Å². The molecule has 0 saturated carbocycles. The zero-order valence-corrected chi connectivity index (χ0v) is 15.3. The average Bonchev–Trinajstić information content (AvgIpc) is 3.25. The molecule has 4 rings (SSSR count). The summed E-state index contributed by atoms with van der Waals surface area (Å²) in [5, 5.41) is 0. The van der Waals surface area contributed by atoms with Crippen molar-refractivity contribution >= 4 is 45.5 Å². The molecule has 2 aromatic carbocycles. The van der Waals surface area contributed by atoms with Gasteiger partial charge in [-0.3, -0.25) is 0 Å². The number of hydrogen-bond acceptors (Lipinski definition) is 1. The maximum absolute atomic E-state index is 6.06. The van der Waals surface area contributed by atoms with E-state index >= 15 is 0 Å². The molecule has 100 valence electrons. The van der Waals surface area contributed by atoms with Crippen molar-refractivity contribution in [2.45, 2.75) is 17.6 Å². The molecular weight excluding hydrogens is 332 g/mol. The molecule has 0 spiro atoms. The van der Waals surface area contributed by atoms with Gasteiger partial charge in [-0.2, -0.15) is 0 Å². The summed E-state index contributed by atoms with van der Waals surface area (Å²) in [6.07, 6.45) is 8.74. The number of rotatable bonds is 3. The topological polar surface area (TPSA) is 12.5 Å². The first-order valence-corrected chi connectivity index (χ1v) is 7.04. The maximum Gasteiger partial charge on any atom is 0.128 e. The standard InChI is InChI=1S/C19H16O.Sr/c1-3-9-15(10-4-1)18(16-11-5-2-6-12-16)19-14-8-7-13-17(19)20-19;/h1-14,17-18H;. The SMILES string of the molecule is C1=CC2OC2(C(c2ccccc2)c2ccccc2)C=C1.[Sr]. The Labute approximate surface area is 162 Å². The third-order valence-electron chi connectivity index (χ3n) is 4.19. The van der Waals surface area contributed by atoms with Crippen LogP contribution in [-0.4, -0.2) is 57.2 Å². The van der Waals surface area contributed by atoms with Crippen molar-refractivity contribution in [1.82, 2.24) is 0 Å². The van der Waals surface area contributed by atoms with Crippen LogP contribution in [-0.2, 0) is 4.74 Å². The second kappa shape index (κ2) is 6.23. The average molecular weight is 348 g/mol. The summed E-state index contributed by atoms with van der Waals surface area (Å²) in [5.41, 5.74) is 2.42. The smallest absolute Gasteiger partial charge is 0.128 e. The zero-order chi connectivity index (χ0) is 13.4. The summed E-state index contributed by atoms with van der Waals surface area (Å²) in [4.78, 5) is 0. The van der Waals surface area contributed by atoms with Crippen molar-refractivity contribution in [3.05, 3.63) is 96.1 Å². The van der Waals surface area contributed by atoms with Gasteiger partial charge in [-0.25, -0.2) is 0 Å². The van der Waals surface area contributed by atoms with Gasteiger partial charge in [0.25, 0.3) is 0 Å². The van der Waals surface area contributed by atoms with E-state index in [4.69, 9.17) is 4.74 Å². The number of allylic oxidation sites excluding steroid dienone is 2. The van der Waals surface area contributed by atoms with Gasteiger partial charge < -0.3 is 4.74 Å². The van der Waals surface area contributed by atoms with Crippen LogP contribution in [0.25, 0.3) is 0 Å². The molecule has 2 radical (unpaired) electrons. The van der Waals surface area contributed by atoms with Crippen molar-refractivity contribution in [3.63, 3.8) is 0 Å². The van der Waals surface area contributed by atoms with Crippen LogP contribution in [0.5, 0.6) is 0 Å². The largest absolute Gasteiger partial charge is 0.356 e. The molecule has 0 amide bonds. The van der Waals surface area contributed by atoms with E-state index in [9.17, 15) is 0 Å². The normalized spacial score (nSPS) is 25.3. The van der Waals surface area contributed by atoms with Gasteiger partial charge in [0.15, 0.2) is 0 Å². The van der Waals surface area contributed by atoms with Crippen molar-refractivity contribution in [2.75, 3.05) is 0 Å². The fourth-order valence-corrected chi connectivity index (χ4v) is 3.21. The Kier molecular flexibility index (Phi) is 4.53. The first kappa shape index (κ1) is 15.3. The third-order valence-corrected chi connectivity index (χ3v) is 4.19. The minimum Gasteiger partial charge on any atom is -0.356 e. The van der Waals surface area contributed by atoms with E-state index in [2.05, 4.69) is 85.0 Å². The van der Waals surface area contributed by atoms with E-state index < -0.39 is 0 Å². The van der Waals surface area contributed by atoms with Crippen LogP contribution in [0.4, 0.5) is 0 Å². The molecule has 2 aliphatic rings. The predicted octanol–water partition coefficient (Wildman–Crippen LogP) is 3.70. The van der Waals surface area contributed by atoms with E-state index in [0.29, 0.717) is 0 Å². The minimum atomic E-state index is -0.197. The summed E-state index contributed by atoms with van der Waals surface area (Å²) in [6, 6.07) is 21.3. The Bertz CT molecular complexity index is 623. The molecule has 2 heteroatoms. The molecule has 21 heavy (non-hydrogen) atoms. The van der Waals surface area contributed by atoms with Crippen LogP contribution in [0.15, 0.2) is 85.0 Å². The summed E-state index contributed by atoms with van der Waals surface area (Å²) in [5.74, 6) is 0.246. The van der Waals surface area contributed by atoms with Crippen LogP contribution < -0.4 is 0 Å². The predicted molar refractivity (Wildman–Crippen MR) is 86.4 cm³/mol. The quantitative estimate of drug-likeness (QED) is 0.609. The van der Waals surface area contributed by atoms with Crippen LogP contribution >= 0.6 is 0 Å². The van der Waals surface area contributed by atoms with Gasteiger partial charge in [-0.05, 0) is 17.2 Å². The van der Waals surface area contributed by atoms with Crippen molar-refractivity contribution in [3.8, 4) is 0 Å². The van der Waals surface area contributed by atoms with Crippen molar-refractivity contribution in [1.29, 1.82) is 0 Å². The minimum absolute atomic E-state index is 0. The molecule has 1 aliphatic carbocycles. The summed E-state index contributed by atoms with van der Waals surface area (Å²) >= 11 is 0. The van der Waals surface area contributed by atoms with Crippen LogP contribution in [0.2, 0.25) is 0 Å².